The monoisotopic (exact) mass is 1100 g/mol. The van der Waals surface area contributed by atoms with E-state index in [1.54, 1.807) is 0 Å². The normalized spacial score (nSPS) is 12.6. The largest absolute Gasteiger partial charge is 0.466 e. The van der Waals surface area contributed by atoms with Crippen LogP contribution in [0.4, 0.5) is 0 Å². The van der Waals surface area contributed by atoms with Gasteiger partial charge in [-0.3, -0.25) is 9.59 Å². The molecule has 0 heterocycles. The van der Waals surface area contributed by atoms with Crippen LogP contribution in [0.15, 0.2) is 24.3 Å². The van der Waals surface area contributed by atoms with Crippen LogP contribution in [0.1, 0.15) is 399 Å². The van der Waals surface area contributed by atoms with Gasteiger partial charge in [-0.05, 0) is 57.8 Å². The number of nitrogens with one attached hydrogen (secondary N) is 1. The SMILES string of the molecule is CCCCC/C=C\C/C=C\CCCCCCCC(=O)OCCCCCCCCCCCCCCCCCCCCCCCCCCCCCCCCCCCCCC(=O)NC(CO)C(O)CCCCCCCCCCCCC. The Bertz CT molecular complexity index is 1220. The van der Waals surface area contributed by atoms with Crippen molar-refractivity contribution >= 4 is 11.9 Å². The maximum absolute atomic E-state index is 12.5. The molecule has 0 aliphatic heterocycles. The Balaban J connectivity index is 3.28. The first-order valence-electron chi connectivity index (χ1n) is 35.6. The van der Waals surface area contributed by atoms with Crippen molar-refractivity contribution in [1.82, 2.24) is 5.32 Å². The minimum atomic E-state index is -0.658. The standard InChI is InChI=1S/C72H139NO5/c1-3-5-7-9-11-13-15-16-38-42-46-50-54-58-62-66-72(77)78-67-63-59-55-51-47-43-40-37-35-33-31-29-27-25-23-21-19-17-18-20-22-24-26-28-30-32-34-36-39-41-45-49-53-57-61-65-71(76)73-69(68-74)70(75)64-60-56-52-48-44-14-12-10-8-6-4-2/h11,13,16,38,69-70,74-75H,3-10,12,14-15,17-37,39-68H2,1-2H3,(H,73,76)/b13-11-,38-16-. The van der Waals surface area contributed by atoms with Gasteiger partial charge in [-0.1, -0.05) is 353 Å². The number of amides is 1. The minimum Gasteiger partial charge on any atom is -0.466 e. The van der Waals surface area contributed by atoms with Crippen LogP contribution in [-0.2, 0) is 14.3 Å². The van der Waals surface area contributed by atoms with Crippen LogP contribution in [0.3, 0.4) is 0 Å². The van der Waals surface area contributed by atoms with Gasteiger partial charge in [0.15, 0.2) is 0 Å². The van der Waals surface area contributed by atoms with Gasteiger partial charge in [-0.15, -0.1) is 0 Å². The number of carbonyl (C=O) groups excluding carboxylic acids is 2. The molecule has 0 aliphatic carbocycles. The number of aliphatic hydroxyl groups excluding tert-OH is 2. The molecule has 0 spiro atoms. The van der Waals surface area contributed by atoms with E-state index in [9.17, 15) is 19.8 Å². The zero-order chi connectivity index (χ0) is 56.4. The molecule has 0 aromatic rings. The van der Waals surface area contributed by atoms with E-state index in [1.165, 1.54) is 315 Å². The smallest absolute Gasteiger partial charge is 0.305 e. The summed E-state index contributed by atoms with van der Waals surface area (Å²) < 4.78 is 5.49. The highest BCUT2D eigenvalue weighted by Gasteiger charge is 2.20. The van der Waals surface area contributed by atoms with Crippen LogP contribution in [0.25, 0.3) is 0 Å². The van der Waals surface area contributed by atoms with Crippen molar-refractivity contribution in [1.29, 1.82) is 0 Å². The number of ether oxygens (including phenoxy) is 1. The second-order valence-electron chi connectivity index (χ2n) is 24.6. The van der Waals surface area contributed by atoms with Gasteiger partial charge in [-0.25, -0.2) is 0 Å². The Labute approximate surface area is 488 Å². The number of hydrogen-bond acceptors (Lipinski definition) is 5. The average Bonchev–Trinajstić information content (AvgIpc) is 3.44. The number of aliphatic hydroxyl groups is 2. The molecule has 462 valence electrons. The molecule has 0 saturated heterocycles. The van der Waals surface area contributed by atoms with Crippen LogP contribution < -0.4 is 5.32 Å². The lowest BCUT2D eigenvalue weighted by atomic mass is 10.0. The fourth-order valence-corrected chi connectivity index (χ4v) is 11.3. The second kappa shape index (κ2) is 67.8. The lowest BCUT2D eigenvalue weighted by Crippen LogP contribution is -2.45. The Morgan fingerprint density at radius 2 is 0.641 bits per heavy atom. The molecule has 0 rings (SSSR count). The fourth-order valence-electron chi connectivity index (χ4n) is 11.3. The average molecular weight is 1100 g/mol. The van der Waals surface area contributed by atoms with Crippen LogP contribution in [0.5, 0.6) is 0 Å². The Hall–Kier alpha value is -1.66. The van der Waals surface area contributed by atoms with Gasteiger partial charge < -0.3 is 20.3 Å². The van der Waals surface area contributed by atoms with Crippen molar-refractivity contribution in [2.24, 2.45) is 0 Å². The number of rotatable bonds is 67. The van der Waals surface area contributed by atoms with E-state index in [0.717, 1.165) is 51.4 Å². The number of carbonyl (C=O) groups is 2. The van der Waals surface area contributed by atoms with Gasteiger partial charge in [0, 0.05) is 12.8 Å². The third kappa shape index (κ3) is 63.5. The lowest BCUT2D eigenvalue weighted by Gasteiger charge is -2.22. The van der Waals surface area contributed by atoms with E-state index in [0.29, 0.717) is 25.9 Å². The van der Waals surface area contributed by atoms with Crippen molar-refractivity contribution in [3.63, 3.8) is 0 Å². The summed E-state index contributed by atoms with van der Waals surface area (Å²) in [6, 6.07) is -0.535. The predicted molar refractivity (Wildman–Crippen MR) is 343 cm³/mol. The summed E-state index contributed by atoms with van der Waals surface area (Å²) in [6.07, 6.45) is 85.4. The first-order valence-corrected chi connectivity index (χ1v) is 35.6. The quantitative estimate of drug-likeness (QED) is 0.0320. The molecular weight excluding hydrogens is 959 g/mol. The Kier molecular flexibility index (Phi) is 66.4. The molecular formula is C72H139NO5. The van der Waals surface area contributed by atoms with Crippen LogP contribution in [-0.4, -0.2) is 47.4 Å². The first-order chi connectivity index (χ1) is 38.5. The maximum atomic E-state index is 12.5. The van der Waals surface area contributed by atoms with E-state index < -0.39 is 12.1 Å². The summed E-state index contributed by atoms with van der Waals surface area (Å²) in [5, 5.41) is 23.2. The molecule has 6 heteroatoms. The molecule has 0 aromatic carbocycles. The lowest BCUT2D eigenvalue weighted by molar-refractivity contribution is -0.143. The summed E-state index contributed by atoms with van der Waals surface area (Å²) in [4.78, 5) is 24.5. The van der Waals surface area contributed by atoms with Gasteiger partial charge in [0.25, 0.3) is 0 Å². The highest BCUT2D eigenvalue weighted by molar-refractivity contribution is 5.76. The summed E-state index contributed by atoms with van der Waals surface area (Å²) in [6.45, 7) is 4.94. The highest BCUT2D eigenvalue weighted by Crippen LogP contribution is 2.19. The molecule has 2 unspecified atom stereocenters. The van der Waals surface area contributed by atoms with Gasteiger partial charge in [0.05, 0.1) is 25.4 Å². The van der Waals surface area contributed by atoms with Gasteiger partial charge >= 0.3 is 5.97 Å². The van der Waals surface area contributed by atoms with Crippen molar-refractivity contribution in [2.75, 3.05) is 13.2 Å². The van der Waals surface area contributed by atoms with Crippen LogP contribution in [0.2, 0.25) is 0 Å². The molecule has 0 saturated carbocycles. The summed E-state index contributed by atoms with van der Waals surface area (Å²) in [5.74, 6) is -0.0197. The molecule has 6 nitrogen and oxygen atoms in total. The summed E-state index contributed by atoms with van der Waals surface area (Å²) >= 11 is 0. The highest BCUT2D eigenvalue weighted by atomic mass is 16.5. The van der Waals surface area contributed by atoms with E-state index in [-0.39, 0.29) is 18.5 Å². The number of unbranched alkanes of at least 4 members (excludes halogenated alkanes) is 52. The molecule has 0 bridgehead atoms. The van der Waals surface area contributed by atoms with Gasteiger partial charge in [0.2, 0.25) is 5.91 Å². The van der Waals surface area contributed by atoms with E-state index in [4.69, 9.17) is 4.74 Å². The van der Waals surface area contributed by atoms with E-state index >= 15 is 0 Å². The van der Waals surface area contributed by atoms with Crippen molar-refractivity contribution < 1.29 is 24.5 Å². The summed E-state index contributed by atoms with van der Waals surface area (Å²) in [5.41, 5.74) is 0. The first kappa shape index (κ1) is 76.3. The van der Waals surface area contributed by atoms with E-state index in [2.05, 4.69) is 43.5 Å². The molecule has 0 fully saturated rings. The molecule has 3 N–H and O–H groups in total. The second-order valence-corrected chi connectivity index (χ2v) is 24.6. The third-order valence-electron chi connectivity index (χ3n) is 16.8. The number of hydrogen-bond donors (Lipinski definition) is 3. The molecule has 0 radical (unpaired) electrons. The Morgan fingerprint density at radius 3 is 1.00 bits per heavy atom. The van der Waals surface area contributed by atoms with Crippen LogP contribution in [0, 0.1) is 0 Å². The summed E-state index contributed by atoms with van der Waals surface area (Å²) in [7, 11) is 0. The predicted octanol–water partition coefficient (Wildman–Crippen LogP) is 22.9. The zero-order valence-corrected chi connectivity index (χ0v) is 52.9. The van der Waals surface area contributed by atoms with Crippen LogP contribution >= 0.6 is 0 Å². The van der Waals surface area contributed by atoms with Gasteiger partial charge in [-0.2, -0.15) is 0 Å². The minimum absolute atomic E-state index is 0.00897. The third-order valence-corrected chi connectivity index (χ3v) is 16.8. The molecule has 1 amide bonds. The van der Waals surface area contributed by atoms with E-state index in [1.807, 2.05) is 0 Å². The fraction of sp³-hybridized carbons (Fsp3) is 0.917. The number of allylic oxidation sites excluding steroid dienone is 4. The van der Waals surface area contributed by atoms with Crippen molar-refractivity contribution in [2.45, 2.75) is 411 Å². The zero-order valence-electron chi connectivity index (χ0n) is 52.9. The topological polar surface area (TPSA) is 95.9 Å². The van der Waals surface area contributed by atoms with Crippen molar-refractivity contribution in [3.8, 4) is 0 Å². The van der Waals surface area contributed by atoms with Crippen molar-refractivity contribution in [3.05, 3.63) is 24.3 Å². The molecule has 78 heavy (non-hydrogen) atoms. The van der Waals surface area contributed by atoms with Gasteiger partial charge in [0.1, 0.15) is 0 Å². The Morgan fingerprint density at radius 1 is 0.359 bits per heavy atom. The molecule has 0 aromatic heterocycles. The number of esters is 1. The molecule has 0 aliphatic rings. The maximum Gasteiger partial charge on any atom is 0.305 e. The molecule has 2 atom stereocenters.